The number of aromatic nitrogens is 3. The maximum absolute atomic E-state index is 7.06. The Kier molecular flexibility index (Phi) is 9.41. The lowest BCUT2D eigenvalue weighted by atomic mass is 9.60. The van der Waals surface area contributed by atoms with Crippen molar-refractivity contribution in [2.24, 2.45) is 0 Å². The third kappa shape index (κ3) is 6.28. The summed E-state index contributed by atoms with van der Waals surface area (Å²) in [6.07, 6.45) is 0. The lowest BCUT2D eigenvalue weighted by Gasteiger charge is -2.26. The molecule has 264 valence electrons. The van der Waals surface area contributed by atoms with Gasteiger partial charge in [0.2, 0.25) is 0 Å². The Hall–Kier alpha value is -6.84. The first kappa shape index (κ1) is 37.4. The van der Waals surface area contributed by atoms with Crippen LogP contribution in [0.3, 0.4) is 0 Å². The van der Waals surface area contributed by atoms with Crippen LogP contribution in [0.15, 0.2) is 164 Å². The van der Waals surface area contributed by atoms with Crippen molar-refractivity contribution in [2.75, 3.05) is 0 Å². The van der Waals surface area contributed by atoms with Gasteiger partial charge in [-0.05, 0) is 77.8 Å². The molecule has 9 aromatic carbocycles. The lowest BCUT2D eigenvalue weighted by Crippen LogP contribution is -2.44. The molecule has 60 heavy (non-hydrogen) atoms. The minimum Gasteiger partial charge on any atom is -0.208 e. The molecule has 0 N–H and O–H groups in total. The fourth-order valence-corrected chi connectivity index (χ4v) is 8.40. The van der Waals surface area contributed by atoms with Crippen molar-refractivity contribution in [1.29, 1.82) is 0 Å². The highest BCUT2D eigenvalue weighted by molar-refractivity contribution is 6.68. The van der Waals surface area contributed by atoms with Crippen molar-refractivity contribution < 1.29 is 0 Å². The van der Waals surface area contributed by atoms with Crippen molar-refractivity contribution >= 4 is 112 Å². The van der Waals surface area contributed by atoms with E-state index in [-0.39, 0.29) is 16.4 Å². The summed E-state index contributed by atoms with van der Waals surface area (Å²) < 4.78 is 0. The van der Waals surface area contributed by atoms with Gasteiger partial charge >= 0.3 is 0 Å². The van der Waals surface area contributed by atoms with Gasteiger partial charge in [-0.3, -0.25) is 0 Å². The number of fused-ring (bicyclic) bond motifs is 3. The molecule has 12 radical (unpaired) electrons. The lowest BCUT2D eigenvalue weighted by molar-refractivity contribution is 1.07. The molecular weight excluding hydrogens is 719 g/mol. The van der Waals surface area contributed by atoms with E-state index in [1.807, 2.05) is 121 Å². The van der Waals surface area contributed by atoms with Crippen LogP contribution in [0.25, 0.3) is 99.9 Å². The minimum absolute atomic E-state index is 0.255. The molecule has 0 aliphatic rings. The normalized spacial score (nSPS) is 11.4. The monoisotopic (exact) mass is 747 g/mol. The second kappa shape index (κ2) is 15.1. The van der Waals surface area contributed by atoms with E-state index in [2.05, 4.69) is 42.5 Å². The standard InChI is InChI=1S/C51H27B6N3/c52-43-39(45(54)47(56)42-41(43)48(57)46(55)40(44(42)53)37-23-11-17-29-14-7-8-21-35(29)37)32-19-9-20-33(26-32)50-58-49(31-15-5-2-6-16-31)59-51(60-50)34-25-24-30-18-10-22-36(38(30)27-34)28-12-3-1-4-13-28/h1-27H. The zero-order valence-corrected chi connectivity index (χ0v) is 32.4. The maximum Gasteiger partial charge on any atom is 0.164 e. The Morgan fingerprint density at radius 1 is 0.283 bits per heavy atom. The maximum atomic E-state index is 7.06. The average Bonchev–Trinajstić information content (AvgIpc) is 3.29. The summed E-state index contributed by atoms with van der Waals surface area (Å²) in [5, 5.41) is 5.12. The zero-order chi connectivity index (χ0) is 41.1. The summed E-state index contributed by atoms with van der Waals surface area (Å²) in [7, 11) is 41.6. The highest BCUT2D eigenvalue weighted by atomic mass is 15.0. The molecule has 0 unspecified atom stereocenters. The molecule has 0 amide bonds. The molecule has 10 aromatic rings. The molecule has 10 rings (SSSR count). The zero-order valence-electron chi connectivity index (χ0n) is 32.4. The minimum atomic E-state index is 0.255. The first-order valence-electron chi connectivity index (χ1n) is 19.5. The van der Waals surface area contributed by atoms with Gasteiger partial charge in [0.1, 0.15) is 47.1 Å². The van der Waals surface area contributed by atoms with Crippen LogP contribution in [0.1, 0.15) is 0 Å². The first-order chi connectivity index (χ1) is 29.3. The van der Waals surface area contributed by atoms with Gasteiger partial charge in [-0.15, -0.1) is 0 Å². The van der Waals surface area contributed by atoms with E-state index in [9.17, 15) is 0 Å². The fourth-order valence-electron chi connectivity index (χ4n) is 8.40. The Bertz CT molecular complexity index is 3330. The van der Waals surface area contributed by atoms with E-state index in [0.717, 1.165) is 54.9 Å². The molecule has 0 atom stereocenters. The molecule has 9 heteroatoms. The van der Waals surface area contributed by atoms with Crippen LogP contribution in [-0.2, 0) is 0 Å². The van der Waals surface area contributed by atoms with Crippen molar-refractivity contribution in [2.45, 2.75) is 0 Å². The quantitative estimate of drug-likeness (QED) is 0.194. The van der Waals surface area contributed by atoms with E-state index in [1.165, 1.54) is 0 Å². The second-order valence-electron chi connectivity index (χ2n) is 14.9. The predicted octanol–water partition coefficient (Wildman–Crippen LogP) is 6.10. The molecular formula is C51H27B6N3. The van der Waals surface area contributed by atoms with E-state index in [1.54, 1.807) is 0 Å². The Morgan fingerprint density at radius 2 is 0.750 bits per heavy atom. The van der Waals surface area contributed by atoms with Crippen LogP contribution in [-0.4, -0.2) is 62.0 Å². The molecule has 0 aliphatic heterocycles. The van der Waals surface area contributed by atoms with Gasteiger partial charge in [0.05, 0.1) is 0 Å². The van der Waals surface area contributed by atoms with Gasteiger partial charge in [-0.25, -0.2) is 15.0 Å². The molecule has 0 fully saturated rings. The number of hydrogen-bond acceptors (Lipinski definition) is 3. The SMILES string of the molecule is [B]c1c(-c2cccc3ccccc23)c([B])c2c([B])c([B])c(-c3cccc(-c4nc(-c5ccccc5)nc(-c5ccc6cccc(-c7ccccc7)c6c5)n4)c3)c([B])c2c1[B]. The first-order valence-corrected chi connectivity index (χ1v) is 19.5. The van der Waals surface area contributed by atoms with Crippen LogP contribution in [0.2, 0.25) is 0 Å². The van der Waals surface area contributed by atoms with Gasteiger partial charge < -0.3 is 0 Å². The summed E-state index contributed by atoms with van der Waals surface area (Å²) >= 11 is 0. The van der Waals surface area contributed by atoms with Gasteiger partial charge in [0.15, 0.2) is 17.5 Å². The van der Waals surface area contributed by atoms with Gasteiger partial charge in [-0.1, -0.05) is 184 Å². The van der Waals surface area contributed by atoms with Crippen molar-refractivity contribution in [3.8, 4) is 67.5 Å². The summed E-state index contributed by atoms with van der Waals surface area (Å²) in [5.41, 5.74) is 9.04. The van der Waals surface area contributed by atoms with Crippen LogP contribution < -0.4 is 32.8 Å². The Labute approximate surface area is 356 Å². The van der Waals surface area contributed by atoms with Crippen molar-refractivity contribution in [3.05, 3.63) is 164 Å². The van der Waals surface area contributed by atoms with Crippen LogP contribution in [0.4, 0.5) is 0 Å². The van der Waals surface area contributed by atoms with Gasteiger partial charge in [-0.2, -0.15) is 0 Å². The molecule has 0 saturated carbocycles. The van der Waals surface area contributed by atoms with Crippen molar-refractivity contribution in [3.63, 3.8) is 0 Å². The number of nitrogens with zero attached hydrogens (tertiary/aromatic N) is 3. The highest BCUT2D eigenvalue weighted by Gasteiger charge is 2.21. The second-order valence-corrected chi connectivity index (χ2v) is 14.9. The summed E-state index contributed by atoms with van der Waals surface area (Å²) in [6.45, 7) is 0. The van der Waals surface area contributed by atoms with Crippen LogP contribution >= 0.6 is 0 Å². The van der Waals surface area contributed by atoms with Crippen LogP contribution in [0.5, 0.6) is 0 Å². The number of hydrogen-bond donors (Lipinski definition) is 0. The third-order valence-corrected chi connectivity index (χ3v) is 11.3. The molecule has 0 bridgehead atoms. The fraction of sp³-hybridized carbons (Fsp3) is 0. The molecule has 1 heterocycles. The average molecular weight is 747 g/mol. The van der Waals surface area contributed by atoms with E-state index < -0.39 is 0 Å². The summed E-state index contributed by atoms with van der Waals surface area (Å²) in [5.74, 6) is 1.53. The van der Waals surface area contributed by atoms with E-state index in [4.69, 9.17) is 62.0 Å². The third-order valence-electron chi connectivity index (χ3n) is 11.3. The van der Waals surface area contributed by atoms with Crippen molar-refractivity contribution in [1.82, 2.24) is 15.0 Å². The Balaban J connectivity index is 1.13. The molecule has 0 saturated heterocycles. The largest absolute Gasteiger partial charge is 0.208 e. The summed E-state index contributed by atoms with van der Waals surface area (Å²) in [6, 6.07) is 54.6. The highest BCUT2D eigenvalue weighted by Crippen LogP contribution is 2.34. The summed E-state index contributed by atoms with van der Waals surface area (Å²) in [4.78, 5) is 15.1. The molecule has 1 aromatic heterocycles. The van der Waals surface area contributed by atoms with Crippen LogP contribution in [0, 0.1) is 0 Å². The van der Waals surface area contributed by atoms with Gasteiger partial charge in [0.25, 0.3) is 0 Å². The van der Waals surface area contributed by atoms with Gasteiger partial charge in [0, 0.05) is 16.7 Å². The number of benzene rings is 9. The molecule has 3 nitrogen and oxygen atoms in total. The Morgan fingerprint density at radius 3 is 1.43 bits per heavy atom. The number of rotatable bonds is 6. The van der Waals surface area contributed by atoms with E-state index in [0.29, 0.717) is 61.3 Å². The van der Waals surface area contributed by atoms with E-state index >= 15 is 0 Å². The molecule has 0 spiro atoms. The smallest absolute Gasteiger partial charge is 0.164 e. The predicted molar refractivity (Wildman–Crippen MR) is 257 cm³/mol. The molecule has 0 aliphatic carbocycles. The topological polar surface area (TPSA) is 38.7 Å².